The second-order valence-corrected chi connectivity index (χ2v) is 10.7. The van der Waals surface area contributed by atoms with Gasteiger partial charge >= 0.3 is 18.2 Å². The third-order valence-electron chi connectivity index (χ3n) is 6.65. The zero-order chi connectivity index (χ0) is 30.5. The summed E-state index contributed by atoms with van der Waals surface area (Å²) < 4.78 is 55.1. The summed E-state index contributed by atoms with van der Waals surface area (Å²) in [5.74, 6) is -1.69. The number of halogens is 3. The molecule has 0 aliphatic carbocycles. The number of cyclic esters (lactones) is 1. The van der Waals surface area contributed by atoms with Gasteiger partial charge in [0, 0.05) is 44.0 Å². The number of benzene rings is 1. The lowest BCUT2D eigenvalue weighted by Crippen LogP contribution is -2.49. The minimum atomic E-state index is -4.74. The molecule has 2 fully saturated rings. The van der Waals surface area contributed by atoms with Gasteiger partial charge in [0.25, 0.3) is 0 Å². The van der Waals surface area contributed by atoms with E-state index in [0.717, 1.165) is 47.7 Å². The minimum Gasteiger partial charge on any atom is -0.444 e. The fraction of sp³-hybridized carbons (Fsp3) is 0.586. The van der Waals surface area contributed by atoms with Crippen LogP contribution in [0.1, 0.15) is 59.4 Å². The molecule has 0 bridgehead atoms. The third kappa shape index (κ3) is 10.1. The number of alkyl halides is 3. The van der Waals surface area contributed by atoms with Gasteiger partial charge in [-0.15, -0.1) is 6.58 Å². The van der Waals surface area contributed by atoms with Crippen molar-refractivity contribution in [2.24, 2.45) is 5.92 Å². The van der Waals surface area contributed by atoms with Crippen molar-refractivity contribution < 1.29 is 31.7 Å². The maximum Gasteiger partial charge on any atom is 0.471 e. The highest BCUT2D eigenvalue weighted by molar-refractivity contribution is 7.81. The molecule has 0 spiro atoms. The zero-order valence-electron chi connectivity index (χ0n) is 24.5. The van der Waals surface area contributed by atoms with Gasteiger partial charge in [0.05, 0.1) is 16.7 Å². The van der Waals surface area contributed by atoms with Crippen LogP contribution in [0.4, 0.5) is 23.7 Å². The average Bonchev–Trinajstić information content (AvgIpc) is 2.94. The second-order valence-electron chi connectivity index (χ2n) is 9.31. The molecular formula is C29H44F3N3O4S. The molecule has 3 aliphatic heterocycles. The maximum atomic E-state index is 12.1. The highest BCUT2D eigenvalue weighted by Gasteiger charge is 2.43. The van der Waals surface area contributed by atoms with E-state index in [1.165, 1.54) is 0 Å². The number of amides is 2. The van der Waals surface area contributed by atoms with E-state index in [1.54, 1.807) is 17.2 Å². The SMILES string of the molecule is C/C=C1/CCN(C(=O)C(F)(F)F)CC1C.C=CC.CC.CS(=O)N1CCC(N2C(=O)OCc3ccccc32)CC1. The molecule has 40 heavy (non-hydrogen) atoms. The minimum absolute atomic E-state index is 0.0232. The number of likely N-dealkylation sites (tertiary alicyclic amines) is 1. The van der Waals surface area contributed by atoms with Gasteiger partial charge in [0.2, 0.25) is 0 Å². The van der Waals surface area contributed by atoms with Gasteiger partial charge in [0.1, 0.15) is 6.61 Å². The van der Waals surface area contributed by atoms with Crippen LogP contribution in [0.15, 0.2) is 48.6 Å². The normalized spacial score (nSPS) is 21.3. The number of carbonyl (C=O) groups is 2. The predicted octanol–water partition coefficient (Wildman–Crippen LogP) is 6.48. The first kappa shape index (κ1) is 35.4. The van der Waals surface area contributed by atoms with E-state index in [0.29, 0.717) is 13.0 Å². The Hall–Kier alpha value is -2.66. The first-order chi connectivity index (χ1) is 18.9. The quantitative estimate of drug-likeness (QED) is 0.371. The van der Waals surface area contributed by atoms with Crippen molar-refractivity contribution in [2.75, 3.05) is 37.3 Å². The van der Waals surface area contributed by atoms with Gasteiger partial charge in [-0.1, -0.05) is 56.7 Å². The molecule has 226 valence electrons. The van der Waals surface area contributed by atoms with E-state index in [-0.39, 0.29) is 31.1 Å². The van der Waals surface area contributed by atoms with Crippen molar-refractivity contribution in [3.05, 3.63) is 54.1 Å². The molecule has 0 aromatic heterocycles. The summed E-state index contributed by atoms with van der Waals surface area (Å²) in [4.78, 5) is 25.7. The number of nitrogens with zero attached hydrogens (tertiary/aromatic N) is 3. The standard InChI is InChI=1S/C14H18N2O3S.C10H14F3NO.C3H6.C2H6/c1-20(18)15-8-6-12(7-9-15)16-13-5-3-2-4-11(13)10-19-14(16)17;1-3-8-4-5-14(6-7(8)2)9(15)10(11,12)13;1-3-2;1-2/h2-5,12H,6-10H2,1H3;3,7H,4-6H2,1-2H3;3H,1H2,2H3;1-2H3/b;8-3-;;. The number of allylic oxidation sites excluding steroid dienone is 2. The molecule has 0 N–H and O–H groups in total. The van der Waals surface area contributed by atoms with E-state index in [4.69, 9.17) is 4.74 Å². The van der Waals surface area contributed by atoms with E-state index in [9.17, 15) is 27.0 Å². The highest BCUT2D eigenvalue weighted by atomic mass is 32.2. The molecule has 3 aliphatic rings. The van der Waals surface area contributed by atoms with Crippen LogP contribution >= 0.6 is 0 Å². The number of hydrogen-bond donors (Lipinski definition) is 0. The number of piperidine rings is 2. The topological polar surface area (TPSA) is 70.2 Å². The first-order valence-electron chi connectivity index (χ1n) is 13.6. The van der Waals surface area contributed by atoms with E-state index >= 15 is 0 Å². The Morgan fingerprint density at radius 2 is 1.70 bits per heavy atom. The van der Waals surface area contributed by atoms with Gasteiger partial charge in [-0.05, 0) is 45.1 Å². The molecule has 2 unspecified atom stereocenters. The Kier molecular flexibility index (Phi) is 15.2. The summed E-state index contributed by atoms with van der Waals surface area (Å²) in [7, 11) is -0.927. The van der Waals surface area contributed by atoms with Crippen LogP contribution in [0, 0.1) is 5.92 Å². The molecule has 7 nitrogen and oxygen atoms in total. The molecule has 1 aromatic rings. The smallest absolute Gasteiger partial charge is 0.444 e. The van der Waals surface area contributed by atoms with Crippen LogP contribution in [-0.4, -0.2) is 70.1 Å². The number of para-hydroxylation sites is 1. The van der Waals surface area contributed by atoms with Crippen LogP contribution in [0.3, 0.4) is 0 Å². The van der Waals surface area contributed by atoms with Crippen molar-refractivity contribution in [2.45, 2.75) is 72.7 Å². The number of rotatable bonds is 2. The molecule has 0 radical (unpaired) electrons. The lowest BCUT2D eigenvalue weighted by molar-refractivity contribution is -0.186. The molecule has 2 amide bonds. The Morgan fingerprint density at radius 3 is 2.20 bits per heavy atom. The highest BCUT2D eigenvalue weighted by Crippen LogP contribution is 2.32. The molecule has 2 atom stereocenters. The van der Waals surface area contributed by atoms with Gasteiger partial charge in [0.15, 0.2) is 0 Å². The van der Waals surface area contributed by atoms with Crippen molar-refractivity contribution >= 4 is 28.7 Å². The van der Waals surface area contributed by atoms with Crippen LogP contribution in [0.5, 0.6) is 0 Å². The van der Waals surface area contributed by atoms with Crippen LogP contribution in [0.25, 0.3) is 0 Å². The zero-order valence-corrected chi connectivity index (χ0v) is 25.3. The van der Waals surface area contributed by atoms with Crippen molar-refractivity contribution in [3.63, 3.8) is 0 Å². The first-order valence-corrected chi connectivity index (χ1v) is 15.2. The van der Waals surface area contributed by atoms with Crippen LogP contribution < -0.4 is 4.90 Å². The predicted molar refractivity (Wildman–Crippen MR) is 155 cm³/mol. The summed E-state index contributed by atoms with van der Waals surface area (Å²) in [6.45, 7) is 15.1. The van der Waals surface area contributed by atoms with E-state index < -0.39 is 23.1 Å². The van der Waals surface area contributed by atoms with Crippen molar-refractivity contribution in [1.29, 1.82) is 0 Å². The maximum absolute atomic E-state index is 12.1. The molecule has 1 aromatic carbocycles. The van der Waals surface area contributed by atoms with Gasteiger partial charge in [-0.25, -0.2) is 13.3 Å². The van der Waals surface area contributed by atoms with E-state index in [1.807, 2.05) is 69.3 Å². The fourth-order valence-corrected chi connectivity index (χ4v) is 5.45. The summed E-state index contributed by atoms with van der Waals surface area (Å²) in [6.07, 6.45) is 2.54. The average molecular weight is 588 g/mol. The molecule has 2 saturated heterocycles. The summed E-state index contributed by atoms with van der Waals surface area (Å²) in [5, 5.41) is 0. The lowest BCUT2D eigenvalue weighted by atomic mass is 9.93. The largest absolute Gasteiger partial charge is 0.471 e. The summed E-state index contributed by atoms with van der Waals surface area (Å²) in [5.41, 5.74) is 3.13. The summed E-state index contributed by atoms with van der Waals surface area (Å²) in [6, 6.07) is 7.99. The van der Waals surface area contributed by atoms with Crippen LogP contribution in [-0.2, 0) is 27.1 Å². The second kappa shape index (κ2) is 17.2. The van der Waals surface area contributed by atoms with Crippen molar-refractivity contribution in [1.82, 2.24) is 9.21 Å². The van der Waals surface area contributed by atoms with Gasteiger partial charge < -0.3 is 9.64 Å². The molecule has 4 rings (SSSR count). The Balaban J connectivity index is 0.000000356. The number of carbonyl (C=O) groups excluding carboxylic acids is 2. The Bertz CT molecular complexity index is 1020. The van der Waals surface area contributed by atoms with E-state index in [2.05, 4.69) is 6.58 Å². The molecule has 3 heterocycles. The Morgan fingerprint density at radius 1 is 1.12 bits per heavy atom. The Labute approximate surface area is 239 Å². The number of fused-ring (bicyclic) bond motifs is 1. The third-order valence-corrected chi connectivity index (χ3v) is 7.74. The lowest BCUT2D eigenvalue weighted by Gasteiger charge is -2.39. The number of hydrogen-bond acceptors (Lipinski definition) is 4. The van der Waals surface area contributed by atoms with Gasteiger partial charge in [-0.3, -0.25) is 9.69 Å². The molecule has 0 saturated carbocycles. The summed E-state index contributed by atoms with van der Waals surface area (Å²) >= 11 is 0. The number of ether oxygens (including phenoxy) is 1. The molecule has 11 heteroatoms. The molecular weight excluding hydrogens is 543 g/mol. The van der Waals surface area contributed by atoms with Crippen molar-refractivity contribution in [3.8, 4) is 0 Å². The number of anilines is 1. The van der Waals surface area contributed by atoms with Gasteiger partial charge in [-0.2, -0.15) is 13.2 Å². The fourth-order valence-electron chi connectivity index (χ4n) is 4.72. The van der Waals surface area contributed by atoms with Crippen LogP contribution in [0.2, 0.25) is 0 Å². The monoisotopic (exact) mass is 587 g/mol.